The Morgan fingerprint density at radius 3 is 2.56 bits per heavy atom. The molecule has 0 saturated carbocycles. The number of hydrogen-bond donors (Lipinski definition) is 2. The molecule has 1 heterocycles. The first-order chi connectivity index (χ1) is 11.7. The third-order valence-corrected chi connectivity index (χ3v) is 3.72. The molecule has 0 atom stereocenters. The fourth-order valence-electron chi connectivity index (χ4n) is 2.24. The highest BCUT2D eigenvalue weighted by molar-refractivity contribution is 5.90. The van der Waals surface area contributed by atoms with Crippen molar-refractivity contribution in [3.05, 3.63) is 47.4 Å². The van der Waals surface area contributed by atoms with E-state index in [0.717, 1.165) is 25.1 Å². The van der Waals surface area contributed by atoms with Crippen molar-refractivity contribution in [1.29, 1.82) is 0 Å². The van der Waals surface area contributed by atoms with E-state index in [9.17, 15) is 4.79 Å². The zero-order chi connectivity index (χ0) is 18.4. The van der Waals surface area contributed by atoms with Crippen molar-refractivity contribution < 1.29 is 9.53 Å². The highest BCUT2D eigenvalue weighted by Gasteiger charge is 2.09. The molecular formula is C19H26N4O2. The Balaban J connectivity index is 1.93. The normalized spacial score (nSPS) is 11.4. The van der Waals surface area contributed by atoms with Gasteiger partial charge in [0.1, 0.15) is 11.4 Å². The Morgan fingerprint density at radius 1 is 1.24 bits per heavy atom. The van der Waals surface area contributed by atoms with Crippen LogP contribution in [-0.4, -0.2) is 22.4 Å². The maximum Gasteiger partial charge on any atom is 0.268 e. The molecule has 0 aliphatic carbocycles. The summed E-state index contributed by atoms with van der Waals surface area (Å²) in [6.07, 6.45) is 3.83. The van der Waals surface area contributed by atoms with Gasteiger partial charge in [0.25, 0.3) is 5.91 Å². The van der Waals surface area contributed by atoms with E-state index in [0.29, 0.717) is 17.0 Å². The number of nitrogens with one attached hydrogen (secondary N) is 1. The number of carbonyl (C=O) groups excluding carboxylic acids is 1. The number of rotatable bonds is 7. The van der Waals surface area contributed by atoms with E-state index in [2.05, 4.69) is 42.1 Å². The van der Waals surface area contributed by atoms with Crippen molar-refractivity contribution >= 4 is 5.91 Å². The standard InChI is InChI=1S/C19H26N4O2/c1-13-9-14(10-21-8-7-19(2,3)4)5-6-16(13)25-17-12-22-15(11-23-17)18(20)24/h5-6,9,11-12,21H,7-8,10H2,1-4H3,(H2,20,24). The lowest BCUT2D eigenvalue weighted by atomic mass is 9.92. The summed E-state index contributed by atoms with van der Waals surface area (Å²) in [6, 6.07) is 6.03. The van der Waals surface area contributed by atoms with Crippen molar-refractivity contribution in [3.63, 3.8) is 0 Å². The molecule has 6 heteroatoms. The first-order valence-electron chi connectivity index (χ1n) is 8.34. The van der Waals surface area contributed by atoms with Crippen molar-refractivity contribution in [1.82, 2.24) is 15.3 Å². The van der Waals surface area contributed by atoms with Gasteiger partial charge in [-0.3, -0.25) is 4.79 Å². The minimum Gasteiger partial charge on any atom is -0.437 e. The van der Waals surface area contributed by atoms with Crippen LogP contribution in [0.15, 0.2) is 30.6 Å². The van der Waals surface area contributed by atoms with Gasteiger partial charge in [-0.15, -0.1) is 0 Å². The van der Waals surface area contributed by atoms with Crippen molar-refractivity contribution in [2.45, 2.75) is 40.7 Å². The molecule has 2 aromatic rings. The summed E-state index contributed by atoms with van der Waals surface area (Å²) in [5.74, 6) is 0.419. The molecule has 1 amide bonds. The van der Waals surface area contributed by atoms with E-state index in [1.807, 2.05) is 19.1 Å². The van der Waals surface area contributed by atoms with Gasteiger partial charge >= 0.3 is 0 Å². The Bertz CT molecular complexity index is 721. The molecule has 0 unspecified atom stereocenters. The third-order valence-electron chi connectivity index (χ3n) is 3.72. The molecule has 134 valence electrons. The van der Waals surface area contributed by atoms with Crippen LogP contribution in [-0.2, 0) is 6.54 Å². The minimum atomic E-state index is -0.612. The predicted octanol–water partition coefficient (Wildman–Crippen LogP) is 3.20. The fourth-order valence-corrected chi connectivity index (χ4v) is 2.24. The number of aromatic nitrogens is 2. The van der Waals surface area contributed by atoms with Crippen LogP contribution in [0.4, 0.5) is 0 Å². The number of nitrogens with two attached hydrogens (primary N) is 1. The van der Waals surface area contributed by atoms with E-state index < -0.39 is 5.91 Å². The van der Waals surface area contributed by atoms with E-state index in [1.165, 1.54) is 18.0 Å². The highest BCUT2D eigenvalue weighted by atomic mass is 16.5. The van der Waals surface area contributed by atoms with Crippen molar-refractivity contribution in [2.75, 3.05) is 6.54 Å². The molecule has 2 rings (SSSR count). The average Bonchev–Trinajstić information content (AvgIpc) is 2.53. The van der Waals surface area contributed by atoms with Gasteiger partial charge in [-0.25, -0.2) is 9.97 Å². The van der Waals surface area contributed by atoms with Crippen LogP contribution in [0.5, 0.6) is 11.6 Å². The molecule has 3 N–H and O–H groups in total. The fraction of sp³-hybridized carbons (Fsp3) is 0.421. The number of primary amides is 1. The zero-order valence-corrected chi connectivity index (χ0v) is 15.3. The lowest BCUT2D eigenvalue weighted by molar-refractivity contribution is 0.0995. The van der Waals surface area contributed by atoms with Gasteiger partial charge in [0.2, 0.25) is 5.88 Å². The van der Waals surface area contributed by atoms with Crippen molar-refractivity contribution in [2.24, 2.45) is 11.1 Å². The summed E-state index contributed by atoms with van der Waals surface area (Å²) in [5.41, 5.74) is 7.81. The summed E-state index contributed by atoms with van der Waals surface area (Å²) in [5, 5.41) is 3.46. The summed E-state index contributed by atoms with van der Waals surface area (Å²) in [6.45, 7) is 10.5. The molecule has 0 aliphatic heterocycles. The highest BCUT2D eigenvalue weighted by Crippen LogP contribution is 2.24. The molecule has 0 saturated heterocycles. The van der Waals surface area contributed by atoms with Crippen molar-refractivity contribution in [3.8, 4) is 11.6 Å². The van der Waals surface area contributed by atoms with Crippen LogP contribution in [0.3, 0.4) is 0 Å². The molecule has 6 nitrogen and oxygen atoms in total. The molecule has 0 bridgehead atoms. The van der Waals surface area contributed by atoms with Crippen LogP contribution in [0.2, 0.25) is 0 Å². The van der Waals surface area contributed by atoms with Gasteiger partial charge in [0.15, 0.2) is 0 Å². The van der Waals surface area contributed by atoms with Gasteiger partial charge < -0.3 is 15.8 Å². The molecule has 1 aromatic heterocycles. The first kappa shape index (κ1) is 18.9. The molecule has 0 radical (unpaired) electrons. The van der Waals surface area contributed by atoms with Gasteiger partial charge in [0, 0.05) is 6.54 Å². The topological polar surface area (TPSA) is 90.1 Å². The van der Waals surface area contributed by atoms with E-state index in [4.69, 9.17) is 10.5 Å². The predicted molar refractivity (Wildman–Crippen MR) is 97.6 cm³/mol. The lowest BCUT2D eigenvalue weighted by Gasteiger charge is -2.18. The molecule has 1 aromatic carbocycles. The Labute approximate surface area is 148 Å². The van der Waals surface area contributed by atoms with Crippen LogP contribution in [0.25, 0.3) is 0 Å². The third kappa shape index (κ3) is 6.15. The van der Waals surface area contributed by atoms with Crippen LogP contribution >= 0.6 is 0 Å². The van der Waals surface area contributed by atoms with E-state index >= 15 is 0 Å². The number of carbonyl (C=O) groups is 1. The zero-order valence-electron chi connectivity index (χ0n) is 15.3. The van der Waals surface area contributed by atoms with Gasteiger partial charge in [-0.1, -0.05) is 32.9 Å². The molecule has 0 fully saturated rings. The first-order valence-corrected chi connectivity index (χ1v) is 8.34. The summed E-state index contributed by atoms with van der Waals surface area (Å²) >= 11 is 0. The van der Waals surface area contributed by atoms with Gasteiger partial charge in [-0.2, -0.15) is 0 Å². The second-order valence-corrected chi connectivity index (χ2v) is 7.29. The molecule has 25 heavy (non-hydrogen) atoms. The number of aryl methyl sites for hydroxylation is 1. The summed E-state index contributed by atoms with van der Waals surface area (Å²) in [4.78, 5) is 19.0. The number of benzene rings is 1. The Hall–Kier alpha value is -2.47. The SMILES string of the molecule is Cc1cc(CNCCC(C)(C)C)ccc1Oc1cnc(C(N)=O)cn1. The molecule has 0 aliphatic rings. The summed E-state index contributed by atoms with van der Waals surface area (Å²) in [7, 11) is 0. The number of nitrogens with zero attached hydrogens (tertiary/aromatic N) is 2. The lowest BCUT2D eigenvalue weighted by Crippen LogP contribution is -2.20. The second kappa shape index (κ2) is 8.07. The Kier molecular flexibility index (Phi) is 6.09. The van der Waals surface area contributed by atoms with E-state index in [1.54, 1.807) is 0 Å². The van der Waals surface area contributed by atoms with Crippen LogP contribution < -0.4 is 15.8 Å². The molecular weight excluding hydrogens is 316 g/mol. The maximum absolute atomic E-state index is 11.0. The second-order valence-electron chi connectivity index (χ2n) is 7.29. The van der Waals surface area contributed by atoms with Crippen LogP contribution in [0.1, 0.15) is 48.8 Å². The minimum absolute atomic E-state index is 0.112. The molecule has 0 spiro atoms. The van der Waals surface area contributed by atoms with Gasteiger partial charge in [0.05, 0.1) is 12.4 Å². The maximum atomic E-state index is 11.0. The smallest absolute Gasteiger partial charge is 0.268 e. The average molecular weight is 342 g/mol. The Morgan fingerprint density at radius 2 is 2.00 bits per heavy atom. The number of hydrogen-bond acceptors (Lipinski definition) is 5. The quantitative estimate of drug-likeness (QED) is 0.754. The largest absolute Gasteiger partial charge is 0.437 e. The van der Waals surface area contributed by atoms with Gasteiger partial charge in [-0.05, 0) is 42.5 Å². The number of amides is 1. The van der Waals surface area contributed by atoms with Crippen LogP contribution in [0, 0.1) is 12.3 Å². The number of ether oxygens (including phenoxy) is 1. The summed E-state index contributed by atoms with van der Waals surface area (Å²) < 4.78 is 5.72. The monoisotopic (exact) mass is 342 g/mol. The van der Waals surface area contributed by atoms with E-state index in [-0.39, 0.29) is 5.69 Å².